The lowest BCUT2D eigenvalue weighted by molar-refractivity contribution is -0.0849. The molecule has 1 fully saturated rings. The van der Waals surface area contributed by atoms with Gasteiger partial charge in [0.15, 0.2) is 0 Å². The van der Waals surface area contributed by atoms with E-state index in [0.29, 0.717) is 4.68 Å². The van der Waals surface area contributed by atoms with Crippen molar-refractivity contribution in [2.24, 2.45) is 0 Å². The van der Waals surface area contributed by atoms with Gasteiger partial charge in [-0.05, 0) is 24.4 Å². The van der Waals surface area contributed by atoms with Crippen molar-refractivity contribution in [2.75, 3.05) is 5.73 Å². The second-order valence-corrected chi connectivity index (χ2v) is 4.72. The minimum absolute atomic E-state index is 0.158. The van der Waals surface area contributed by atoms with Crippen molar-refractivity contribution in [1.82, 2.24) is 14.8 Å². The quantitative estimate of drug-likeness (QED) is 0.583. The highest BCUT2D eigenvalue weighted by Gasteiger charge is 2.59. The number of aliphatic hydroxyl groups is 2. The number of anilines is 1. The molecular formula is C11H12ClFN4O4. The predicted molar refractivity (Wildman–Crippen MR) is 69.8 cm³/mol. The van der Waals surface area contributed by atoms with Crippen LogP contribution in [0.5, 0.6) is 0 Å². The number of nitrogens with zero attached hydrogens (tertiary/aromatic N) is 3. The summed E-state index contributed by atoms with van der Waals surface area (Å²) >= 11 is 5.21. The van der Waals surface area contributed by atoms with Crippen LogP contribution in [0.25, 0.3) is 0 Å². The zero-order valence-corrected chi connectivity index (χ0v) is 11.5. The lowest BCUT2D eigenvalue weighted by Gasteiger charge is -2.22. The molecule has 1 unspecified atom stereocenters. The molecule has 0 amide bonds. The molecule has 1 aliphatic rings. The van der Waals surface area contributed by atoms with E-state index >= 15 is 0 Å². The molecule has 8 nitrogen and oxygen atoms in total. The van der Waals surface area contributed by atoms with Gasteiger partial charge >= 0.3 is 5.69 Å². The number of aromatic nitrogens is 3. The average Bonchev–Trinajstić information content (AvgIpc) is 2.64. The Labute approximate surface area is 123 Å². The molecule has 4 N–H and O–H groups in total. The van der Waals surface area contributed by atoms with Crippen molar-refractivity contribution in [1.29, 1.82) is 0 Å². The molecule has 21 heavy (non-hydrogen) atoms. The fourth-order valence-corrected chi connectivity index (χ4v) is 2.20. The monoisotopic (exact) mass is 318 g/mol. The van der Waals surface area contributed by atoms with Gasteiger partial charge in [-0.15, -0.1) is 0 Å². The second kappa shape index (κ2) is 5.57. The van der Waals surface area contributed by atoms with Crippen LogP contribution in [0.15, 0.2) is 11.0 Å². The van der Waals surface area contributed by atoms with Gasteiger partial charge in [-0.1, -0.05) is 0 Å². The van der Waals surface area contributed by atoms with Crippen molar-refractivity contribution < 1.29 is 19.3 Å². The molecule has 1 aromatic rings. The lowest BCUT2D eigenvalue weighted by Crippen LogP contribution is -2.46. The maximum atomic E-state index is 14.9. The molecule has 0 aromatic carbocycles. The van der Waals surface area contributed by atoms with E-state index in [-0.39, 0.29) is 5.82 Å². The molecule has 1 saturated heterocycles. The predicted octanol–water partition coefficient (Wildman–Crippen LogP) is -1.23. The maximum absolute atomic E-state index is 14.9. The Kier molecular flexibility index (Phi) is 4.15. The molecule has 0 saturated carbocycles. The Balaban J connectivity index is 2.54. The molecule has 0 radical (unpaired) electrons. The van der Waals surface area contributed by atoms with Crippen LogP contribution in [0.3, 0.4) is 0 Å². The molecule has 114 valence electrons. The molecular weight excluding hydrogens is 307 g/mol. The van der Waals surface area contributed by atoms with Gasteiger partial charge in [0.25, 0.3) is 0 Å². The number of alkyl halides is 1. The number of hydrogen-bond donors (Lipinski definition) is 3. The first-order valence-corrected chi connectivity index (χ1v) is 6.23. The first-order chi connectivity index (χ1) is 9.81. The number of ether oxygens (including phenoxy) is 1. The molecule has 10 heteroatoms. The van der Waals surface area contributed by atoms with E-state index in [1.807, 2.05) is 11.3 Å². The van der Waals surface area contributed by atoms with Crippen LogP contribution >= 0.6 is 11.6 Å². The van der Waals surface area contributed by atoms with Crippen molar-refractivity contribution in [3.05, 3.63) is 16.7 Å². The summed E-state index contributed by atoms with van der Waals surface area (Å²) in [5.74, 6) is 1.79. The Hall–Kier alpha value is -1.73. The average molecular weight is 319 g/mol. The number of nitrogens with two attached hydrogens (primary N) is 1. The maximum Gasteiger partial charge on any atom is 0.368 e. The highest BCUT2D eigenvalue weighted by Crippen LogP contribution is 2.41. The smallest absolute Gasteiger partial charge is 0.368 e. The van der Waals surface area contributed by atoms with E-state index in [2.05, 4.69) is 10.1 Å². The normalized spacial score (nSPS) is 33.3. The van der Waals surface area contributed by atoms with Crippen LogP contribution in [0.2, 0.25) is 0 Å². The Bertz CT molecular complexity index is 658. The van der Waals surface area contributed by atoms with E-state index in [0.717, 1.165) is 6.20 Å². The minimum atomic E-state index is -2.74. The van der Waals surface area contributed by atoms with Crippen molar-refractivity contribution in [3.63, 3.8) is 0 Å². The summed E-state index contributed by atoms with van der Waals surface area (Å²) in [6.07, 6.45) is -5.07. The number of rotatable bonds is 2. The first-order valence-electron chi connectivity index (χ1n) is 5.86. The van der Waals surface area contributed by atoms with Crippen LogP contribution in [-0.4, -0.2) is 49.0 Å². The SMILES string of the molecule is C[C@H](O)[C@H]1O[C@@H](n2ncc(N)nc2=O)[C@@](F)(C#CCl)C1O. The summed E-state index contributed by atoms with van der Waals surface area (Å²) in [7, 11) is 0. The number of halogens is 2. The molecule has 5 atom stereocenters. The van der Waals surface area contributed by atoms with Gasteiger partial charge in [-0.25, -0.2) is 9.18 Å². The van der Waals surface area contributed by atoms with Gasteiger partial charge in [0, 0.05) is 5.38 Å². The van der Waals surface area contributed by atoms with E-state index < -0.39 is 35.9 Å². The Morgan fingerprint density at radius 1 is 1.71 bits per heavy atom. The molecule has 2 rings (SSSR count). The zero-order chi connectivity index (χ0) is 15.8. The summed E-state index contributed by atoms with van der Waals surface area (Å²) in [6.45, 7) is 1.29. The van der Waals surface area contributed by atoms with Gasteiger partial charge in [-0.2, -0.15) is 14.8 Å². The molecule has 0 spiro atoms. The first kappa shape index (κ1) is 15.7. The van der Waals surface area contributed by atoms with Crippen LogP contribution in [-0.2, 0) is 4.74 Å². The zero-order valence-electron chi connectivity index (χ0n) is 10.8. The van der Waals surface area contributed by atoms with Gasteiger partial charge < -0.3 is 20.7 Å². The van der Waals surface area contributed by atoms with Crippen molar-refractivity contribution >= 4 is 17.4 Å². The summed E-state index contributed by atoms with van der Waals surface area (Å²) < 4.78 is 20.7. The molecule has 0 bridgehead atoms. The summed E-state index contributed by atoms with van der Waals surface area (Å²) in [5, 5.41) is 24.9. The Morgan fingerprint density at radius 3 is 2.90 bits per heavy atom. The largest absolute Gasteiger partial charge is 0.391 e. The molecule has 0 aliphatic carbocycles. The summed E-state index contributed by atoms with van der Waals surface area (Å²) in [6, 6.07) is 0. The van der Waals surface area contributed by atoms with Crippen LogP contribution in [0, 0.1) is 11.3 Å². The number of hydrogen-bond acceptors (Lipinski definition) is 7. The fraction of sp³-hybridized carbons (Fsp3) is 0.545. The van der Waals surface area contributed by atoms with Crippen LogP contribution < -0.4 is 11.4 Å². The highest BCUT2D eigenvalue weighted by molar-refractivity contribution is 6.30. The van der Waals surface area contributed by atoms with E-state index in [9.17, 15) is 19.4 Å². The van der Waals surface area contributed by atoms with E-state index in [1.165, 1.54) is 6.92 Å². The lowest BCUT2D eigenvalue weighted by atomic mass is 9.95. The fourth-order valence-electron chi connectivity index (χ4n) is 2.05. The van der Waals surface area contributed by atoms with Gasteiger partial charge in [0.2, 0.25) is 11.9 Å². The third-order valence-corrected chi connectivity index (χ3v) is 3.15. The standard InChI is InChI=1S/C11H12ClFN4O4/c1-5(18)7-8(19)11(13,2-3-12)9(21-7)17-10(20)16-6(14)4-15-17/h4-5,7-9,18-19H,1H3,(H2,14,16,20)/t5-,7+,8?,9+,11+/m0/s1. The van der Waals surface area contributed by atoms with Crippen LogP contribution in [0.4, 0.5) is 10.2 Å². The second-order valence-electron chi connectivity index (χ2n) is 4.53. The molecule has 1 aliphatic heterocycles. The number of aliphatic hydroxyl groups excluding tert-OH is 2. The topological polar surface area (TPSA) is 123 Å². The van der Waals surface area contributed by atoms with Gasteiger partial charge in [0.05, 0.1) is 12.3 Å². The van der Waals surface area contributed by atoms with Gasteiger partial charge in [0.1, 0.15) is 18.0 Å². The Morgan fingerprint density at radius 2 is 2.38 bits per heavy atom. The third kappa shape index (κ3) is 2.58. The highest BCUT2D eigenvalue weighted by atomic mass is 35.5. The summed E-state index contributed by atoms with van der Waals surface area (Å²) in [5.41, 5.74) is 1.57. The summed E-state index contributed by atoms with van der Waals surface area (Å²) in [4.78, 5) is 15.1. The molecule has 2 heterocycles. The van der Waals surface area contributed by atoms with E-state index in [4.69, 9.17) is 22.1 Å². The third-order valence-electron chi connectivity index (χ3n) is 3.06. The number of nitrogen functional groups attached to an aromatic ring is 1. The molecule has 1 aromatic heterocycles. The van der Waals surface area contributed by atoms with E-state index in [1.54, 1.807) is 0 Å². The van der Waals surface area contributed by atoms with Crippen molar-refractivity contribution in [3.8, 4) is 11.3 Å². The van der Waals surface area contributed by atoms with Crippen molar-refractivity contribution in [2.45, 2.75) is 37.1 Å². The van der Waals surface area contributed by atoms with Gasteiger partial charge in [-0.3, -0.25) is 0 Å². The minimum Gasteiger partial charge on any atom is -0.391 e. The van der Waals surface area contributed by atoms with Crippen LogP contribution in [0.1, 0.15) is 13.2 Å².